The first-order valence-corrected chi connectivity index (χ1v) is 6.54. The van der Waals surface area contributed by atoms with Gasteiger partial charge in [-0.25, -0.2) is 0 Å². The van der Waals surface area contributed by atoms with Gasteiger partial charge in [0.1, 0.15) is 5.75 Å². The number of aryl methyl sites for hydroxylation is 1. The summed E-state index contributed by atoms with van der Waals surface area (Å²) in [6.07, 6.45) is 0.588. The second kappa shape index (κ2) is 6.57. The maximum atomic E-state index is 11.6. The Morgan fingerprint density at radius 1 is 1.42 bits per heavy atom. The number of carbonyl (C=O) groups excluding carboxylic acids is 1. The minimum atomic E-state index is -0.866. The van der Waals surface area contributed by atoms with Crippen LogP contribution in [0.2, 0.25) is 0 Å². The average molecular weight is 265 g/mol. The Morgan fingerprint density at radius 3 is 2.74 bits per heavy atom. The fraction of sp³-hybridized carbons (Fsp3) is 0.533. The van der Waals surface area contributed by atoms with Gasteiger partial charge in [0, 0.05) is 6.54 Å². The van der Waals surface area contributed by atoms with E-state index >= 15 is 0 Å². The molecule has 0 aliphatic carbocycles. The molecule has 4 nitrogen and oxygen atoms in total. The van der Waals surface area contributed by atoms with Gasteiger partial charge in [-0.2, -0.15) is 0 Å². The van der Waals surface area contributed by atoms with E-state index in [1.54, 1.807) is 6.92 Å². The number of carbonyl (C=O) groups is 1. The van der Waals surface area contributed by atoms with Gasteiger partial charge in [-0.05, 0) is 44.4 Å². The number of amides is 1. The maximum Gasteiger partial charge on any atom is 0.258 e. The van der Waals surface area contributed by atoms with E-state index in [0.29, 0.717) is 6.42 Å². The molecule has 0 heterocycles. The first-order chi connectivity index (χ1) is 8.85. The minimum Gasteiger partial charge on any atom is -0.483 e. The van der Waals surface area contributed by atoms with Gasteiger partial charge >= 0.3 is 0 Å². The molecule has 0 spiro atoms. The van der Waals surface area contributed by atoms with Gasteiger partial charge in [0.05, 0.1) is 5.60 Å². The van der Waals surface area contributed by atoms with Gasteiger partial charge in [-0.15, -0.1) is 0 Å². The minimum absolute atomic E-state index is 0.0376. The molecule has 0 bridgehead atoms. The van der Waals surface area contributed by atoms with Crippen LogP contribution in [0.1, 0.15) is 31.4 Å². The third-order valence-corrected chi connectivity index (χ3v) is 3.34. The molecule has 0 saturated carbocycles. The van der Waals surface area contributed by atoms with Crippen molar-refractivity contribution in [1.82, 2.24) is 5.32 Å². The largest absolute Gasteiger partial charge is 0.483 e. The zero-order chi connectivity index (χ0) is 14.5. The van der Waals surface area contributed by atoms with Crippen LogP contribution in [-0.4, -0.2) is 29.8 Å². The van der Waals surface area contributed by atoms with Crippen LogP contribution in [0.15, 0.2) is 18.2 Å². The third-order valence-electron chi connectivity index (χ3n) is 3.34. The first-order valence-electron chi connectivity index (χ1n) is 6.54. The van der Waals surface area contributed by atoms with Crippen LogP contribution in [0.5, 0.6) is 5.75 Å². The fourth-order valence-electron chi connectivity index (χ4n) is 1.49. The summed E-state index contributed by atoms with van der Waals surface area (Å²) in [4.78, 5) is 11.6. The second-order valence-corrected chi connectivity index (χ2v) is 5.11. The lowest BCUT2D eigenvalue weighted by Crippen LogP contribution is -2.41. The molecule has 106 valence electrons. The Bertz CT molecular complexity index is 441. The average Bonchev–Trinajstić information content (AvgIpc) is 2.38. The molecule has 0 saturated heterocycles. The van der Waals surface area contributed by atoms with Crippen LogP contribution < -0.4 is 10.1 Å². The topological polar surface area (TPSA) is 58.6 Å². The predicted molar refractivity (Wildman–Crippen MR) is 75.3 cm³/mol. The summed E-state index contributed by atoms with van der Waals surface area (Å²) in [6.45, 7) is 7.73. The van der Waals surface area contributed by atoms with Crippen molar-refractivity contribution in [2.45, 2.75) is 39.7 Å². The number of benzene rings is 1. The quantitative estimate of drug-likeness (QED) is 0.826. The molecule has 1 atom stereocenters. The third kappa shape index (κ3) is 4.91. The fourth-order valence-corrected chi connectivity index (χ4v) is 1.49. The van der Waals surface area contributed by atoms with Gasteiger partial charge in [-0.3, -0.25) is 4.79 Å². The van der Waals surface area contributed by atoms with Crippen LogP contribution >= 0.6 is 0 Å². The number of hydrogen-bond acceptors (Lipinski definition) is 3. The van der Waals surface area contributed by atoms with Crippen molar-refractivity contribution in [2.75, 3.05) is 13.2 Å². The second-order valence-electron chi connectivity index (χ2n) is 5.11. The normalized spacial score (nSPS) is 13.7. The highest BCUT2D eigenvalue weighted by Gasteiger charge is 2.18. The molecule has 0 aromatic heterocycles. The number of hydrogen-bond donors (Lipinski definition) is 2. The van der Waals surface area contributed by atoms with Crippen molar-refractivity contribution in [3.63, 3.8) is 0 Å². The van der Waals surface area contributed by atoms with Gasteiger partial charge in [0.25, 0.3) is 5.91 Å². The Kier molecular flexibility index (Phi) is 5.36. The van der Waals surface area contributed by atoms with E-state index in [4.69, 9.17) is 4.74 Å². The molecule has 1 amide bonds. The van der Waals surface area contributed by atoms with Crippen molar-refractivity contribution < 1.29 is 14.6 Å². The predicted octanol–water partition coefficient (Wildman–Crippen LogP) is 1.96. The van der Waals surface area contributed by atoms with Gasteiger partial charge in [0.15, 0.2) is 6.61 Å². The van der Waals surface area contributed by atoms with Crippen molar-refractivity contribution in [3.05, 3.63) is 29.3 Å². The molecule has 1 unspecified atom stereocenters. The number of nitrogens with one attached hydrogen (secondary N) is 1. The molecular weight excluding hydrogens is 242 g/mol. The maximum absolute atomic E-state index is 11.6. The van der Waals surface area contributed by atoms with Crippen LogP contribution in [-0.2, 0) is 4.79 Å². The molecule has 0 aliphatic heterocycles. The number of aliphatic hydroxyl groups is 1. The summed E-state index contributed by atoms with van der Waals surface area (Å²) in [5.74, 6) is 0.493. The SMILES string of the molecule is CCC(C)(O)CNC(=O)COc1cccc(C)c1C. The van der Waals surface area contributed by atoms with E-state index in [9.17, 15) is 9.90 Å². The summed E-state index contributed by atoms with van der Waals surface area (Å²) in [6, 6.07) is 5.75. The van der Waals surface area contributed by atoms with E-state index in [1.165, 1.54) is 0 Å². The molecule has 0 radical (unpaired) electrons. The molecule has 19 heavy (non-hydrogen) atoms. The van der Waals surface area contributed by atoms with Crippen LogP contribution in [0.25, 0.3) is 0 Å². The highest BCUT2D eigenvalue weighted by atomic mass is 16.5. The lowest BCUT2D eigenvalue weighted by Gasteiger charge is -2.21. The highest BCUT2D eigenvalue weighted by Crippen LogP contribution is 2.20. The molecule has 1 aromatic rings. The zero-order valence-corrected chi connectivity index (χ0v) is 12.1. The van der Waals surface area contributed by atoms with Crippen LogP contribution in [0, 0.1) is 13.8 Å². The van der Waals surface area contributed by atoms with Gasteiger partial charge < -0.3 is 15.2 Å². The van der Waals surface area contributed by atoms with Crippen molar-refractivity contribution in [3.8, 4) is 5.75 Å². The smallest absolute Gasteiger partial charge is 0.258 e. The van der Waals surface area contributed by atoms with Crippen molar-refractivity contribution in [2.24, 2.45) is 0 Å². The molecule has 4 heteroatoms. The zero-order valence-electron chi connectivity index (χ0n) is 12.1. The van der Waals surface area contributed by atoms with E-state index in [2.05, 4.69) is 5.32 Å². The summed E-state index contributed by atoms with van der Waals surface area (Å²) < 4.78 is 5.48. The first kappa shape index (κ1) is 15.5. The molecule has 0 aliphatic rings. The molecule has 1 rings (SSSR count). The lowest BCUT2D eigenvalue weighted by atomic mass is 10.0. The molecule has 1 aromatic carbocycles. The molecular formula is C15H23NO3. The van der Waals surface area contributed by atoms with E-state index in [0.717, 1.165) is 16.9 Å². The standard InChI is InChI=1S/C15H23NO3/c1-5-15(4,18)10-16-14(17)9-19-13-8-6-7-11(2)12(13)3/h6-8,18H,5,9-10H2,1-4H3,(H,16,17). The van der Waals surface area contributed by atoms with Gasteiger partial charge in [0.2, 0.25) is 0 Å². The van der Waals surface area contributed by atoms with Crippen LogP contribution in [0.4, 0.5) is 0 Å². The Labute approximate surface area is 114 Å². The monoisotopic (exact) mass is 265 g/mol. The molecule has 0 fully saturated rings. The van der Waals surface area contributed by atoms with E-state index < -0.39 is 5.60 Å². The Balaban J connectivity index is 2.44. The summed E-state index contributed by atoms with van der Waals surface area (Å²) in [5.41, 5.74) is 1.30. The van der Waals surface area contributed by atoms with Gasteiger partial charge in [-0.1, -0.05) is 19.1 Å². The van der Waals surface area contributed by atoms with E-state index in [-0.39, 0.29) is 19.1 Å². The lowest BCUT2D eigenvalue weighted by molar-refractivity contribution is -0.124. The van der Waals surface area contributed by atoms with Crippen molar-refractivity contribution in [1.29, 1.82) is 0 Å². The van der Waals surface area contributed by atoms with Crippen molar-refractivity contribution >= 4 is 5.91 Å². The molecule has 2 N–H and O–H groups in total. The van der Waals surface area contributed by atoms with E-state index in [1.807, 2.05) is 39.0 Å². The van der Waals surface area contributed by atoms with Crippen LogP contribution in [0.3, 0.4) is 0 Å². The summed E-state index contributed by atoms with van der Waals surface area (Å²) >= 11 is 0. The number of ether oxygens (including phenoxy) is 1. The Hall–Kier alpha value is -1.55. The summed E-state index contributed by atoms with van der Waals surface area (Å²) in [5, 5.41) is 12.4. The number of rotatable bonds is 6. The summed E-state index contributed by atoms with van der Waals surface area (Å²) in [7, 11) is 0. The Morgan fingerprint density at radius 2 is 2.11 bits per heavy atom. The highest BCUT2D eigenvalue weighted by molar-refractivity contribution is 5.77.